The number of hydrogen-bond acceptors (Lipinski definition) is 6. The molecule has 0 saturated heterocycles. The average molecular weight is 279 g/mol. The van der Waals surface area contributed by atoms with Gasteiger partial charge in [0.2, 0.25) is 5.89 Å². The molecule has 0 aliphatic carbocycles. The Balaban J connectivity index is 2.01. The minimum atomic E-state index is -0.388. The van der Waals surface area contributed by atoms with Crippen molar-refractivity contribution in [2.75, 3.05) is 0 Å². The van der Waals surface area contributed by atoms with E-state index in [1.165, 1.54) is 0 Å². The Hall–Kier alpha value is -1.56. The molecule has 0 spiro atoms. The highest BCUT2D eigenvalue weighted by Gasteiger charge is 2.23. The van der Waals surface area contributed by atoms with Gasteiger partial charge < -0.3 is 4.52 Å². The first-order valence-corrected chi connectivity index (χ1v) is 6.98. The zero-order valence-corrected chi connectivity index (χ0v) is 12.4. The van der Waals surface area contributed by atoms with Gasteiger partial charge >= 0.3 is 0 Å². The van der Waals surface area contributed by atoms with Crippen LogP contribution in [0.25, 0.3) is 0 Å². The van der Waals surface area contributed by atoms with Crippen LogP contribution in [0.2, 0.25) is 0 Å². The smallest absolute Gasteiger partial charge is 0.234 e. The molecule has 6 heteroatoms. The zero-order valence-electron chi connectivity index (χ0n) is 11.6. The predicted molar refractivity (Wildman–Crippen MR) is 72.1 cm³/mol. The van der Waals surface area contributed by atoms with E-state index in [1.807, 2.05) is 33.1 Å². The molecule has 2 aromatic rings. The summed E-state index contributed by atoms with van der Waals surface area (Å²) < 4.78 is 5.10. The number of carbonyl (C=O) groups excluding carboxylic acids is 1. The molecule has 2 heterocycles. The lowest BCUT2D eigenvalue weighted by atomic mass is 9.89. The molecule has 2 aromatic heterocycles. The monoisotopic (exact) mass is 279 g/mol. The van der Waals surface area contributed by atoms with Gasteiger partial charge in [0.25, 0.3) is 0 Å². The summed E-state index contributed by atoms with van der Waals surface area (Å²) in [5.74, 6) is 1.04. The third-order valence-corrected chi connectivity index (χ3v) is 3.60. The lowest BCUT2D eigenvalue weighted by Gasteiger charge is -2.14. The fraction of sp³-hybridized carbons (Fsp3) is 0.538. The van der Waals surface area contributed by atoms with Crippen LogP contribution >= 0.6 is 11.3 Å². The van der Waals surface area contributed by atoms with Crippen LogP contribution in [-0.4, -0.2) is 20.9 Å². The van der Waals surface area contributed by atoms with Gasteiger partial charge in [0.15, 0.2) is 5.82 Å². The number of rotatable bonds is 4. The highest BCUT2D eigenvalue weighted by Crippen LogP contribution is 2.18. The van der Waals surface area contributed by atoms with Crippen LogP contribution in [0.3, 0.4) is 0 Å². The Morgan fingerprint density at radius 1 is 1.37 bits per heavy atom. The van der Waals surface area contributed by atoms with Gasteiger partial charge in [0.05, 0.1) is 12.8 Å². The second-order valence-corrected chi connectivity index (χ2v) is 6.46. The Morgan fingerprint density at radius 3 is 2.68 bits per heavy atom. The van der Waals surface area contributed by atoms with Gasteiger partial charge in [0, 0.05) is 16.5 Å². The number of nitrogens with zero attached hydrogens (tertiary/aromatic N) is 3. The van der Waals surface area contributed by atoms with Crippen molar-refractivity contribution < 1.29 is 9.32 Å². The summed E-state index contributed by atoms with van der Waals surface area (Å²) >= 11 is 1.57. The predicted octanol–water partition coefficient (Wildman–Crippen LogP) is 2.58. The zero-order chi connectivity index (χ0) is 14.0. The molecule has 102 valence electrons. The Labute approximate surface area is 116 Å². The van der Waals surface area contributed by atoms with Gasteiger partial charge in [-0.1, -0.05) is 25.9 Å². The topological polar surface area (TPSA) is 68.9 Å². The van der Waals surface area contributed by atoms with Crippen LogP contribution in [0.15, 0.2) is 9.90 Å². The van der Waals surface area contributed by atoms with Gasteiger partial charge in [-0.25, -0.2) is 4.98 Å². The standard InChI is InChI=1S/C13H17N3O2S/c1-8-7-19-12(14-8)6-10-15-11(18-16-10)5-9(17)13(2,3)4/h7H,5-6H2,1-4H3. The van der Waals surface area contributed by atoms with Gasteiger partial charge in [-0.15, -0.1) is 11.3 Å². The molecule has 0 aliphatic rings. The first kappa shape index (κ1) is 13.9. The van der Waals surface area contributed by atoms with Gasteiger partial charge in [-0.2, -0.15) is 4.98 Å². The summed E-state index contributed by atoms with van der Waals surface area (Å²) in [6.45, 7) is 7.59. The van der Waals surface area contributed by atoms with E-state index in [9.17, 15) is 4.79 Å². The molecule has 0 bridgehead atoms. The molecule has 0 fully saturated rings. The summed E-state index contributed by atoms with van der Waals surface area (Å²) in [6.07, 6.45) is 0.735. The average Bonchev–Trinajstić information content (AvgIpc) is 2.88. The molecular weight excluding hydrogens is 262 g/mol. The SMILES string of the molecule is Cc1csc(Cc2noc(CC(=O)C(C)(C)C)n2)n1. The number of aryl methyl sites for hydroxylation is 1. The molecule has 5 nitrogen and oxygen atoms in total. The number of hydrogen-bond donors (Lipinski definition) is 0. The fourth-order valence-electron chi connectivity index (χ4n) is 1.46. The fourth-order valence-corrected chi connectivity index (χ4v) is 2.22. The summed E-state index contributed by atoms with van der Waals surface area (Å²) in [5.41, 5.74) is 0.604. The molecule has 0 N–H and O–H groups in total. The van der Waals surface area contributed by atoms with Crippen molar-refractivity contribution in [3.8, 4) is 0 Å². The summed E-state index contributed by atoms with van der Waals surface area (Å²) in [6, 6.07) is 0. The van der Waals surface area contributed by atoms with Crippen molar-refractivity contribution in [2.45, 2.75) is 40.5 Å². The van der Waals surface area contributed by atoms with Crippen LogP contribution in [-0.2, 0) is 17.6 Å². The van der Waals surface area contributed by atoms with E-state index >= 15 is 0 Å². The van der Waals surface area contributed by atoms with Crippen molar-refractivity contribution in [1.29, 1.82) is 0 Å². The molecule has 0 amide bonds. The van der Waals surface area contributed by atoms with Crippen LogP contribution in [0.1, 0.15) is 43.2 Å². The van der Waals surface area contributed by atoms with Crippen molar-refractivity contribution >= 4 is 17.1 Å². The Bertz CT molecular complexity index is 581. The lowest BCUT2D eigenvalue weighted by molar-refractivity contribution is -0.125. The van der Waals surface area contributed by atoms with E-state index in [0.29, 0.717) is 18.1 Å². The number of thiazole rings is 1. The first-order valence-electron chi connectivity index (χ1n) is 6.10. The van der Waals surface area contributed by atoms with Gasteiger partial charge in [0.1, 0.15) is 10.8 Å². The largest absolute Gasteiger partial charge is 0.339 e. The highest BCUT2D eigenvalue weighted by molar-refractivity contribution is 7.09. The quantitative estimate of drug-likeness (QED) is 0.860. The second-order valence-electron chi connectivity index (χ2n) is 5.51. The normalized spacial score (nSPS) is 11.8. The van der Waals surface area contributed by atoms with Crippen LogP contribution < -0.4 is 0 Å². The van der Waals surface area contributed by atoms with Crippen molar-refractivity contribution in [3.63, 3.8) is 0 Å². The lowest BCUT2D eigenvalue weighted by Crippen LogP contribution is -2.22. The number of Topliss-reactive ketones (excluding diaryl/α,β-unsaturated/α-hetero) is 1. The maximum absolute atomic E-state index is 11.9. The van der Waals surface area contributed by atoms with Crippen LogP contribution in [0.4, 0.5) is 0 Å². The summed E-state index contributed by atoms with van der Waals surface area (Å²) in [7, 11) is 0. The Morgan fingerprint density at radius 2 is 2.11 bits per heavy atom. The van der Waals surface area contributed by atoms with E-state index in [1.54, 1.807) is 11.3 Å². The molecule has 0 unspecified atom stereocenters. The van der Waals surface area contributed by atoms with Crippen LogP contribution in [0, 0.1) is 12.3 Å². The van der Waals surface area contributed by atoms with E-state index in [0.717, 1.165) is 10.7 Å². The minimum absolute atomic E-state index is 0.0905. The molecule has 2 rings (SSSR count). The van der Waals surface area contributed by atoms with E-state index in [-0.39, 0.29) is 17.6 Å². The van der Waals surface area contributed by atoms with Crippen molar-refractivity contribution in [1.82, 2.24) is 15.1 Å². The van der Waals surface area contributed by atoms with Crippen molar-refractivity contribution in [3.05, 3.63) is 27.8 Å². The number of aromatic nitrogens is 3. The number of carbonyl (C=O) groups is 1. The summed E-state index contributed by atoms with van der Waals surface area (Å²) in [4.78, 5) is 20.4. The molecular formula is C13H17N3O2S. The van der Waals surface area contributed by atoms with Gasteiger partial charge in [-0.3, -0.25) is 4.79 Å². The van der Waals surface area contributed by atoms with E-state index in [4.69, 9.17) is 4.52 Å². The maximum Gasteiger partial charge on any atom is 0.234 e. The molecule has 0 aliphatic heterocycles. The highest BCUT2D eigenvalue weighted by atomic mass is 32.1. The third-order valence-electron chi connectivity index (χ3n) is 2.63. The van der Waals surface area contributed by atoms with Gasteiger partial charge in [-0.05, 0) is 6.92 Å². The summed E-state index contributed by atoms with van der Waals surface area (Å²) in [5, 5.41) is 6.82. The van der Waals surface area contributed by atoms with Crippen LogP contribution in [0.5, 0.6) is 0 Å². The molecule has 0 aromatic carbocycles. The number of ketones is 1. The van der Waals surface area contributed by atoms with Crippen molar-refractivity contribution in [2.24, 2.45) is 5.41 Å². The molecule has 0 radical (unpaired) electrons. The molecule has 0 saturated carbocycles. The molecule has 0 atom stereocenters. The second kappa shape index (κ2) is 5.21. The molecule has 19 heavy (non-hydrogen) atoms. The maximum atomic E-state index is 11.9. The van der Waals surface area contributed by atoms with E-state index in [2.05, 4.69) is 15.1 Å². The third kappa shape index (κ3) is 3.70. The first-order chi connectivity index (χ1) is 8.84. The minimum Gasteiger partial charge on any atom is -0.339 e. The Kier molecular flexibility index (Phi) is 3.80. The van der Waals surface area contributed by atoms with E-state index < -0.39 is 0 Å².